The van der Waals surface area contributed by atoms with E-state index in [1.165, 1.54) is 18.1 Å². The van der Waals surface area contributed by atoms with E-state index in [2.05, 4.69) is 26.7 Å². The molecule has 0 saturated carbocycles. The summed E-state index contributed by atoms with van der Waals surface area (Å²) in [5.74, 6) is 0. The van der Waals surface area contributed by atoms with Gasteiger partial charge in [-0.15, -0.1) is 0 Å². The molecule has 0 aliphatic carbocycles. The van der Waals surface area contributed by atoms with Crippen molar-refractivity contribution in [3.8, 4) is 0 Å². The second-order valence-corrected chi connectivity index (χ2v) is 2.14. The molecule has 34 valence electrons. The molecule has 0 spiro atoms. The number of rotatable bonds is 0. The summed E-state index contributed by atoms with van der Waals surface area (Å²) in [6, 6.07) is 0. The molecule has 0 aromatic heterocycles. The summed E-state index contributed by atoms with van der Waals surface area (Å²) in [7, 11) is 1.17. The first kappa shape index (κ1) is 4.89. The summed E-state index contributed by atoms with van der Waals surface area (Å²) in [5, 5.41) is 0. The molecule has 0 bridgehead atoms. The average Bonchev–Trinajstić information content (AvgIpc) is 1.87. The van der Waals surface area contributed by atoms with Crippen LogP contribution >= 0.6 is 0 Å². The third-order valence-corrected chi connectivity index (χ3v) is 1.22. The Bertz CT molecular complexity index is 133. The van der Waals surface area contributed by atoms with E-state index in [0.29, 0.717) is 0 Å². The molecule has 0 saturated heterocycles. The summed E-state index contributed by atoms with van der Waals surface area (Å²) >= 11 is 0. The van der Waals surface area contributed by atoms with Gasteiger partial charge in [0.05, 0.1) is 0 Å². The van der Waals surface area contributed by atoms with Crippen molar-refractivity contribution in [3.63, 3.8) is 0 Å². The third-order valence-electron chi connectivity index (χ3n) is 1.22. The van der Waals surface area contributed by atoms with Crippen molar-refractivity contribution in [1.29, 1.82) is 0 Å². The van der Waals surface area contributed by atoms with Gasteiger partial charge in [0.25, 0.3) is 0 Å². The molecule has 1 aliphatic rings. The van der Waals surface area contributed by atoms with Gasteiger partial charge in [-0.3, -0.25) is 0 Å². The van der Waals surface area contributed by atoms with Crippen molar-refractivity contribution < 1.29 is 0 Å². The van der Waals surface area contributed by atoms with E-state index < -0.39 is 0 Å². The maximum atomic E-state index is 2.25. The van der Waals surface area contributed by atoms with Crippen LogP contribution in [0, 0.1) is 0 Å². The third kappa shape index (κ3) is 1.05. The van der Waals surface area contributed by atoms with E-state index in [4.69, 9.17) is 0 Å². The second-order valence-electron chi connectivity index (χ2n) is 2.14. The number of hydrogen-bond donors (Lipinski definition) is 0. The topological polar surface area (TPSA) is 0 Å². The molecule has 2 heteroatoms. The summed E-state index contributed by atoms with van der Waals surface area (Å²) < 4.78 is 0. The molecule has 0 radical (unpaired) electrons. The molecule has 0 N–H and O–H groups in total. The monoisotopic (exact) mass is 90.1 g/mol. The Balaban J connectivity index is 2.69. The Kier molecular flexibility index (Phi) is 1.18. The van der Waals surface area contributed by atoms with Crippen LogP contribution in [0.1, 0.15) is 13.8 Å². The van der Waals surface area contributed by atoms with Crippen molar-refractivity contribution in [3.05, 3.63) is 11.5 Å². The van der Waals surface area contributed by atoms with Crippen LogP contribution in [0.25, 0.3) is 0 Å². The first-order valence-electron chi connectivity index (χ1n) is 2.63. The quantitative estimate of drug-likeness (QED) is 0.371. The molecule has 1 aliphatic heterocycles. The molecule has 0 nitrogen and oxygen atoms in total. The van der Waals surface area contributed by atoms with E-state index in [-0.39, 0.29) is 0 Å². The maximum absolute atomic E-state index is 2.25. The van der Waals surface area contributed by atoms with Crippen LogP contribution < -0.4 is 0 Å². The normalized spacial score (nSPS) is 16.9. The Hall–Kier alpha value is -0.260. The summed E-state index contributed by atoms with van der Waals surface area (Å²) in [6.45, 7) is 6.54. The van der Waals surface area contributed by atoms with Crippen molar-refractivity contribution in [1.82, 2.24) is 0 Å². The van der Waals surface area contributed by atoms with Gasteiger partial charge in [-0.1, -0.05) is 0 Å². The number of allylic oxidation sites excluding steroid dienone is 2. The van der Waals surface area contributed by atoms with Gasteiger partial charge in [0.15, 0.2) is 0 Å². The molecule has 0 fully saturated rings. The van der Waals surface area contributed by atoms with E-state index in [1.807, 2.05) is 0 Å². The molecule has 0 amide bonds. The fourth-order valence-electron chi connectivity index (χ4n) is 0.828. The Morgan fingerprint density at radius 1 is 1.57 bits per heavy atom. The van der Waals surface area contributed by atoms with Gasteiger partial charge in [0.2, 0.25) is 0 Å². The first-order chi connectivity index (χ1) is 3.29. The minimum absolute atomic E-state index is 1.17. The molecular formula is C5H8B2. The van der Waals surface area contributed by atoms with Crippen LogP contribution in [0.4, 0.5) is 0 Å². The molecule has 0 atom stereocenters. The zero-order chi connectivity index (χ0) is 5.28. The van der Waals surface area contributed by atoms with Crippen LogP contribution in [-0.4, -0.2) is 19.4 Å². The van der Waals surface area contributed by atoms with Gasteiger partial charge in [-0.2, -0.15) is 0 Å². The zero-order valence-corrected chi connectivity index (χ0v) is 4.86. The van der Waals surface area contributed by atoms with Crippen LogP contribution in [0.2, 0.25) is 0 Å². The standard InChI is InChI=1S/C5H8B2/c1-4-3-5(2)7-6-4/h3,6H,1-2H3. The van der Waals surface area contributed by atoms with Gasteiger partial charge in [0.1, 0.15) is 0 Å². The molecule has 7 heavy (non-hydrogen) atoms. The Morgan fingerprint density at radius 3 is 2.43 bits per heavy atom. The van der Waals surface area contributed by atoms with Gasteiger partial charge >= 0.3 is 44.8 Å². The predicted molar refractivity (Wildman–Crippen MR) is 37.3 cm³/mol. The first-order valence-corrected chi connectivity index (χ1v) is 2.63. The summed E-state index contributed by atoms with van der Waals surface area (Å²) in [6.07, 6.45) is 2.22. The summed E-state index contributed by atoms with van der Waals surface area (Å²) in [4.78, 5) is 0. The van der Waals surface area contributed by atoms with Crippen LogP contribution in [0.15, 0.2) is 11.5 Å². The van der Waals surface area contributed by atoms with Crippen molar-refractivity contribution in [2.75, 3.05) is 0 Å². The Morgan fingerprint density at radius 2 is 2.29 bits per heavy atom. The Labute approximate surface area is 45.7 Å². The minimum atomic E-state index is 1.17. The average molecular weight is 89.7 g/mol. The van der Waals surface area contributed by atoms with Crippen LogP contribution in [-0.2, 0) is 0 Å². The predicted octanol–water partition coefficient (Wildman–Crippen LogP) is 0.152. The van der Waals surface area contributed by atoms with Gasteiger partial charge in [-0.05, 0) is 0 Å². The van der Waals surface area contributed by atoms with Gasteiger partial charge in [0, 0.05) is 0 Å². The molecule has 0 aromatic carbocycles. The van der Waals surface area contributed by atoms with E-state index in [0.717, 1.165) is 0 Å². The van der Waals surface area contributed by atoms with E-state index >= 15 is 0 Å². The molecule has 1 heterocycles. The van der Waals surface area contributed by atoms with Crippen LogP contribution in [0.5, 0.6) is 0 Å². The summed E-state index contributed by atoms with van der Waals surface area (Å²) in [5.41, 5.74) is 2.90. The van der Waals surface area contributed by atoms with Gasteiger partial charge in [-0.25, -0.2) is 0 Å². The van der Waals surface area contributed by atoms with Crippen LogP contribution in [0.3, 0.4) is 0 Å². The zero-order valence-electron chi connectivity index (χ0n) is 4.86. The fraction of sp³-hybridized carbons (Fsp3) is 0.400. The van der Waals surface area contributed by atoms with Crippen molar-refractivity contribution in [2.24, 2.45) is 0 Å². The molecule has 0 unspecified atom stereocenters. The molecular weight excluding hydrogens is 81.7 g/mol. The van der Waals surface area contributed by atoms with Crippen molar-refractivity contribution in [2.45, 2.75) is 13.8 Å². The fourth-order valence-corrected chi connectivity index (χ4v) is 0.828. The SMILES string of the molecule is CC1=BBC(C)=C1. The van der Waals surface area contributed by atoms with Crippen molar-refractivity contribution >= 4 is 19.4 Å². The number of hydrogen-bond acceptors (Lipinski definition) is 0. The molecule has 1 rings (SSSR count). The van der Waals surface area contributed by atoms with Gasteiger partial charge < -0.3 is 0 Å². The van der Waals surface area contributed by atoms with E-state index in [9.17, 15) is 0 Å². The molecule has 0 aromatic rings. The second kappa shape index (κ2) is 1.69. The van der Waals surface area contributed by atoms with E-state index in [1.54, 1.807) is 0 Å².